The van der Waals surface area contributed by atoms with Crippen LogP contribution in [0.25, 0.3) is 16.2 Å². The number of hydrogen-bond donors (Lipinski definition) is 1. The summed E-state index contributed by atoms with van der Waals surface area (Å²) < 4.78 is 9.39. The van der Waals surface area contributed by atoms with Crippen molar-refractivity contribution in [2.45, 2.75) is 20.4 Å². The van der Waals surface area contributed by atoms with Gasteiger partial charge < -0.3 is 9.30 Å². The highest BCUT2D eigenvalue weighted by atomic mass is 32.1. The van der Waals surface area contributed by atoms with E-state index in [1.54, 1.807) is 23.9 Å². The van der Waals surface area contributed by atoms with Gasteiger partial charge in [0.2, 0.25) is 0 Å². The second kappa shape index (κ2) is 6.70. The molecule has 4 heterocycles. The molecule has 0 saturated carbocycles. The van der Waals surface area contributed by atoms with Crippen molar-refractivity contribution in [3.05, 3.63) is 34.6 Å². The van der Waals surface area contributed by atoms with Gasteiger partial charge in [-0.1, -0.05) is 0 Å². The molecule has 1 aliphatic rings. The third kappa shape index (κ3) is 2.90. The third-order valence-corrected chi connectivity index (χ3v) is 5.66. The first-order valence-electron chi connectivity index (χ1n) is 8.48. The lowest BCUT2D eigenvalue weighted by Crippen LogP contribution is -2.39. The average Bonchev–Trinajstić information content (AvgIpc) is 3.23. The van der Waals surface area contributed by atoms with Crippen molar-refractivity contribution in [1.82, 2.24) is 24.0 Å². The monoisotopic (exact) mass is 358 g/mol. The quantitative estimate of drug-likeness (QED) is 0.771. The molecule has 0 spiro atoms. The Morgan fingerprint density at radius 3 is 2.72 bits per heavy atom. The molecule has 0 bridgehead atoms. The van der Waals surface area contributed by atoms with Gasteiger partial charge in [0.25, 0.3) is 0 Å². The maximum atomic E-state index is 8.68. The highest BCUT2D eigenvalue weighted by Crippen LogP contribution is 2.25. The van der Waals surface area contributed by atoms with E-state index in [1.807, 2.05) is 9.95 Å². The minimum Gasteiger partial charge on any atom is -0.379 e. The summed E-state index contributed by atoms with van der Waals surface area (Å²) in [5, 5.41) is 12.5. The molecule has 0 aromatic carbocycles. The van der Waals surface area contributed by atoms with Crippen LogP contribution in [0.2, 0.25) is 0 Å². The fraction of sp³-hybridized carbons (Fsp3) is 0.471. The molecule has 0 atom stereocenters. The second-order valence-corrected chi connectivity index (χ2v) is 7.17. The molecule has 3 aromatic rings. The lowest BCUT2D eigenvalue weighted by molar-refractivity contribution is 0.0362. The Kier molecular flexibility index (Phi) is 4.41. The van der Waals surface area contributed by atoms with E-state index in [2.05, 4.69) is 33.3 Å². The Morgan fingerprint density at radius 2 is 2.00 bits per heavy atom. The molecule has 0 aliphatic carbocycles. The fourth-order valence-electron chi connectivity index (χ4n) is 3.32. The zero-order valence-electron chi connectivity index (χ0n) is 14.5. The second-order valence-electron chi connectivity index (χ2n) is 6.30. The number of fused-ring (bicyclic) bond motifs is 1. The molecule has 4 rings (SSSR count). The molecule has 132 valence electrons. The van der Waals surface area contributed by atoms with Gasteiger partial charge >= 0.3 is 0 Å². The predicted octanol–water partition coefficient (Wildman–Crippen LogP) is 1.71. The zero-order valence-corrected chi connectivity index (χ0v) is 15.3. The third-order valence-electron chi connectivity index (χ3n) is 4.90. The van der Waals surface area contributed by atoms with Gasteiger partial charge in [-0.2, -0.15) is 0 Å². The van der Waals surface area contributed by atoms with Crippen LogP contribution in [0.15, 0.2) is 17.9 Å². The van der Waals surface area contributed by atoms with Crippen molar-refractivity contribution in [1.29, 1.82) is 5.41 Å². The summed E-state index contributed by atoms with van der Waals surface area (Å²) in [6.45, 7) is 9.32. The molecule has 25 heavy (non-hydrogen) atoms. The Hall–Kier alpha value is -2.03. The van der Waals surface area contributed by atoms with Crippen LogP contribution in [-0.4, -0.2) is 56.9 Å². The molecule has 1 fully saturated rings. The first-order chi connectivity index (χ1) is 12.2. The van der Waals surface area contributed by atoms with Gasteiger partial charge in [0.1, 0.15) is 5.49 Å². The Bertz CT molecular complexity index is 936. The standard InChI is InChI=1S/C17H22N6OS/c1-12-13(2)23(17-19-3-10-25-17)16-14(12)15(18)22(11-20-16)5-4-21-6-8-24-9-7-21/h3,10-11,18H,4-9H2,1-2H3. The molecule has 0 amide bonds. The van der Waals surface area contributed by atoms with E-state index in [1.165, 1.54) is 0 Å². The SMILES string of the molecule is Cc1c(C)n(-c2nccs2)c2ncn(CCN3CCOCC3)c(=N)c12. The van der Waals surface area contributed by atoms with Crippen molar-refractivity contribution < 1.29 is 4.74 Å². The highest BCUT2D eigenvalue weighted by molar-refractivity contribution is 7.12. The zero-order chi connectivity index (χ0) is 17.4. The highest BCUT2D eigenvalue weighted by Gasteiger charge is 2.18. The van der Waals surface area contributed by atoms with Crippen molar-refractivity contribution >= 4 is 22.4 Å². The number of hydrogen-bond acceptors (Lipinski definition) is 6. The predicted molar refractivity (Wildman–Crippen MR) is 97.3 cm³/mol. The molecule has 1 N–H and O–H groups in total. The summed E-state index contributed by atoms with van der Waals surface area (Å²) in [7, 11) is 0. The van der Waals surface area contributed by atoms with E-state index in [0.29, 0.717) is 5.49 Å². The van der Waals surface area contributed by atoms with Crippen LogP contribution >= 0.6 is 11.3 Å². The number of nitrogens with zero attached hydrogens (tertiary/aromatic N) is 5. The molecule has 8 heteroatoms. The number of morpholine rings is 1. The van der Waals surface area contributed by atoms with Gasteiger partial charge in [-0.25, -0.2) is 9.97 Å². The Labute approximate surface area is 150 Å². The van der Waals surface area contributed by atoms with E-state index in [0.717, 1.165) is 66.8 Å². The first-order valence-corrected chi connectivity index (χ1v) is 9.36. The van der Waals surface area contributed by atoms with E-state index in [-0.39, 0.29) is 0 Å². The molecular formula is C17H22N6OS. The minimum absolute atomic E-state index is 0.522. The molecule has 3 aromatic heterocycles. The summed E-state index contributed by atoms with van der Waals surface area (Å²) in [6.07, 6.45) is 3.59. The fourth-order valence-corrected chi connectivity index (χ4v) is 4.02. The molecule has 0 unspecified atom stereocenters. The normalized spacial score (nSPS) is 15.9. The number of aromatic nitrogens is 4. The average molecular weight is 358 g/mol. The number of thiazole rings is 1. The summed E-state index contributed by atoms with van der Waals surface area (Å²) in [6, 6.07) is 0. The van der Waals surface area contributed by atoms with Gasteiger partial charge in [0.05, 0.1) is 24.9 Å². The van der Waals surface area contributed by atoms with Crippen LogP contribution in [0.1, 0.15) is 11.3 Å². The van der Waals surface area contributed by atoms with Crippen LogP contribution < -0.4 is 5.49 Å². The first kappa shape index (κ1) is 16.4. The lowest BCUT2D eigenvalue weighted by atomic mass is 10.2. The van der Waals surface area contributed by atoms with Crippen LogP contribution in [0.3, 0.4) is 0 Å². The number of rotatable bonds is 4. The largest absolute Gasteiger partial charge is 0.379 e. The van der Waals surface area contributed by atoms with Gasteiger partial charge in [0.15, 0.2) is 10.8 Å². The van der Waals surface area contributed by atoms with E-state index in [4.69, 9.17) is 10.1 Å². The molecule has 7 nitrogen and oxygen atoms in total. The maximum absolute atomic E-state index is 8.68. The van der Waals surface area contributed by atoms with Crippen LogP contribution in [-0.2, 0) is 11.3 Å². The number of ether oxygens (including phenoxy) is 1. The molecule has 0 radical (unpaired) electrons. The van der Waals surface area contributed by atoms with E-state index >= 15 is 0 Å². The smallest absolute Gasteiger partial charge is 0.195 e. The Morgan fingerprint density at radius 1 is 1.20 bits per heavy atom. The summed E-state index contributed by atoms with van der Waals surface area (Å²) in [5.41, 5.74) is 3.53. The van der Waals surface area contributed by atoms with Gasteiger partial charge in [0, 0.05) is 43.4 Å². The van der Waals surface area contributed by atoms with Crippen LogP contribution in [0, 0.1) is 19.3 Å². The van der Waals surface area contributed by atoms with Crippen LogP contribution in [0.4, 0.5) is 0 Å². The lowest BCUT2D eigenvalue weighted by Gasteiger charge is -2.26. The number of aryl methyl sites for hydroxylation is 1. The van der Waals surface area contributed by atoms with Crippen molar-refractivity contribution in [2.24, 2.45) is 0 Å². The maximum Gasteiger partial charge on any atom is 0.195 e. The summed E-state index contributed by atoms with van der Waals surface area (Å²) >= 11 is 1.58. The van der Waals surface area contributed by atoms with Gasteiger partial charge in [-0.05, 0) is 19.4 Å². The molecular weight excluding hydrogens is 336 g/mol. The molecule has 1 aliphatic heterocycles. The Balaban J connectivity index is 1.71. The summed E-state index contributed by atoms with van der Waals surface area (Å²) in [4.78, 5) is 11.5. The van der Waals surface area contributed by atoms with E-state index in [9.17, 15) is 0 Å². The summed E-state index contributed by atoms with van der Waals surface area (Å²) in [5.74, 6) is 0. The topological polar surface area (TPSA) is 72.0 Å². The van der Waals surface area contributed by atoms with Crippen molar-refractivity contribution in [3.8, 4) is 5.13 Å². The van der Waals surface area contributed by atoms with Gasteiger partial charge in [-0.15, -0.1) is 11.3 Å². The van der Waals surface area contributed by atoms with Crippen molar-refractivity contribution in [3.63, 3.8) is 0 Å². The van der Waals surface area contributed by atoms with Gasteiger partial charge in [-0.3, -0.25) is 14.9 Å². The van der Waals surface area contributed by atoms with E-state index < -0.39 is 0 Å². The number of nitrogens with one attached hydrogen (secondary N) is 1. The van der Waals surface area contributed by atoms with Crippen molar-refractivity contribution in [2.75, 3.05) is 32.8 Å². The molecule has 1 saturated heterocycles. The van der Waals surface area contributed by atoms with Crippen LogP contribution in [0.5, 0.6) is 0 Å². The minimum atomic E-state index is 0.522.